The van der Waals surface area contributed by atoms with Gasteiger partial charge in [0.05, 0.1) is 5.56 Å². The first-order valence-corrected chi connectivity index (χ1v) is 7.97. The Morgan fingerprint density at radius 1 is 1.09 bits per heavy atom. The summed E-state index contributed by atoms with van der Waals surface area (Å²) in [6.45, 7) is 1.89. The maximum Gasteiger partial charge on any atom is 0.255 e. The summed E-state index contributed by atoms with van der Waals surface area (Å²) in [5.74, 6) is 0.460. The topological polar surface area (TPSA) is 50.4 Å². The van der Waals surface area contributed by atoms with E-state index in [1.807, 2.05) is 43.4 Å². The standard InChI is InChI=1S/C18H21ClN2O2/c1-20-11-4-12-21-18(22)16-5-2-3-6-17(16)23-13-14-7-9-15(19)10-8-14/h2-3,5-10,20H,4,11-13H2,1H3,(H,21,22). The molecular formula is C18H21ClN2O2. The molecule has 0 saturated carbocycles. The predicted molar refractivity (Wildman–Crippen MR) is 93.1 cm³/mol. The second-order valence-electron chi connectivity index (χ2n) is 5.12. The van der Waals surface area contributed by atoms with Crippen LogP contribution in [-0.2, 0) is 6.61 Å². The molecule has 0 saturated heterocycles. The minimum atomic E-state index is -0.118. The average molecular weight is 333 g/mol. The van der Waals surface area contributed by atoms with Crippen molar-refractivity contribution in [2.75, 3.05) is 20.1 Å². The van der Waals surface area contributed by atoms with Crippen molar-refractivity contribution in [1.29, 1.82) is 0 Å². The smallest absolute Gasteiger partial charge is 0.255 e. The van der Waals surface area contributed by atoms with Gasteiger partial charge < -0.3 is 15.4 Å². The molecule has 1 amide bonds. The second-order valence-corrected chi connectivity index (χ2v) is 5.56. The van der Waals surface area contributed by atoms with Gasteiger partial charge in [-0.15, -0.1) is 0 Å². The Morgan fingerprint density at radius 3 is 2.57 bits per heavy atom. The molecule has 0 aromatic heterocycles. The van der Waals surface area contributed by atoms with Gasteiger partial charge in [-0.3, -0.25) is 4.79 Å². The highest BCUT2D eigenvalue weighted by Gasteiger charge is 2.11. The molecule has 4 nitrogen and oxygen atoms in total. The minimum Gasteiger partial charge on any atom is -0.488 e. The van der Waals surface area contributed by atoms with E-state index in [1.54, 1.807) is 12.1 Å². The van der Waals surface area contributed by atoms with E-state index in [-0.39, 0.29) is 5.91 Å². The van der Waals surface area contributed by atoms with Crippen LogP contribution in [-0.4, -0.2) is 26.0 Å². The lowest BCUT2D eigenvalue weighted by atomic mass is 10.2. The maximum absolute atomic E-state index is 12.3. The van der Waals surface area contributed by atoms with Gasteiger partial charge in [0.15, 0.2) is 0 Å². The zero-order chi connectivity index (χ0) is 16.5. The molecule has 122 valence electrons. The van der Waals surface area contributed by atoms with Gasteiger partial charge in [0.2, 0.25) is 0 Å². The second kappa shape index (κ2) is 9.18. The summed E-state index contributed by atoms with van der Waals surface area (Å²) in [6.07, 6.45) is 0.885. The summed E-state index contributed by atoms with van der Waals surface area (Å²) < 4.78 is 5.80. The number of rotatable bonds is 8. The Kier molecular flexibility index (Phi) is 6.91. The molecule has 2 aromatic rings. The fraction of sp³-hybridized carbons (Fsp3) is 0.278. The number of hydrogen-bond donors (Lipinski definition) is 2. The Morgan fingerprint density at radius 2 is 1.83 bits per heavy atom. The van der Waals surface area contributed by atoms with Gasteiger partial charge in [0.1, 0.15) is 12.4 Å². The summed E-state index contributed by atoms with van der Waals surface area (Å²) in [6, 6.07) is 14.7. The first-order chi connectivity index (χ1) is 11.2. The van der Waals surface area contributed by atoms with Crippen LogP contribution in [0.1, 0.15) is 22.3 Å². The van der Waals surface area contributed by atoms with Crippen LogP contribution in [0.25, 0.3) is 0 Å². The number of amides is 1. The van der Waals surface area contributed by atoms with E-state index < -0.39 is 0 Å². The fourth-order valence-electron chi connectivity index (χ4n) is 2.08. The Labute approximate surface area is 141 Å². The number of ether oxygens (including phenoxy) is 1. The normalized spacial score (nSPS) is 10.3. The largest absolute Gasteiger partial charge is 0.488 e. The van der Waals surface area contributed by atoms with E-state index >= 15 is 0 Å². The van der Waals surface area contributed by atoms with E-state index in [4.69, 9.17) is 16.3 Å². The van der Waals surface area contributed by atoms with Gasteiger partial charge in [-0.05, 0) is 49.8 Å². The van der Waals surface area contributed by atoms with E-state index in [9.17, 15) is 4.79 Å². The van der Waals surface area contributed by atoms with E-state index in [0.717, 1.165) is 18.5 Å². The zero-order valence-corrected chi connectivity index (χ0v) is 13.9. The number of carbonyl (C=O) groups excluding carboxylic acids is 1. The molecule has 0 bridgehead atoms. The molecular weight excluding hydrogens is 312 g/mol. The highest BCUT2D eigenvalue weighted by molar-refractivity contribution is 6.30. The maximum atomic E-state index is 12.3. The third kappa shape index (κ3) is 5.58. The van der Waals surface area contributed by atoms with Gasteiger partial charge in [-0.1, -0.05) is 35.9 Å². The van der Waals surface area contributed by atoms with Crippen molar-refractivity contribution in [3.05, 3.63) is 64.7 Å². The first-order valence-electron chi connectivity index (χ1n) is 7.60. The van der Waals surface area contributed by atoms with Gasteiger partial charge >= 0.3 is 0 Å². The molecule has 0 aliphatic heterocycles. The molecule has 0 heterocycles. The van der Waals surface area contributed by atoms with Crippen molar-refractivity contribution in [2.45, 2.75) is 13.0 Å². The quantitative estimate of drug-likeness (QED) is 0.729. The van der Waals surface area contributed by atoms with Crippen molar-refractivity contribution in [3.63, 3.8) is 0 Å². The number of carbonyl (C=O) groups is 1. The van der Waals surface area contributed by atoms with Crippen LogP contribution >= 0.6 is 11.6 Å². The number of nitrogens with one attached hydrogen (secondary N) is 2. The molecule has 0 spiro atoms. The Balaban J connectivity index is 1.96. The van der Waals surface area contributed by atoms with Crippen molar-refractivity contribution in [1.82, 2.24) is 10.6 Å². The molecule has 0 radical (unpaired) electrons. The van der Waals surface area contributed by atoms with Crippen molar-refractivity contribution in [3.8, 4) is 5.75 Å². The van der Waals surface area contributed by atoms with Crippen LogP contribution in [0.3, 0.4) is 0 Å². The Hall–Kier alpha value is -2.04. The predicted octanol–water partition coefficient (Wildman–Crippen LogP) is 3.26. The molecule has 2 rings (SSSR count). The lowest BCUT2D eigenvalue weighted by Crippen LogP contribution is -2.27. The molecule has 0 unspecified atom stereocenters. The summed E-state index contributed by atoms with van der Waals surface area (Å²) in [4.78, 5) is 12.3. The van der Waals surface area contributed by atoms with Crippen LogP contribution in [0.15, 0.2) is 48.5 Å². The number of para-hydroxylation sites is 1. The summed E-state index contributed by atoms with van der Waals surface area (Å²) in [5, 5.41) is 6.64. The highest BCUT2D eigenvalue weighted by atomic mass is 35.5. The summed E-state index contributed by atoms with van der Waals surface area (Å²) >= 11 is 5.87. The Bertz CT molecular complexity index is 629. The van der Waals surface area contributed by atoms with Gasteiger partial charge in [-0.25, -0.2) is 0 Å². The molecule has 0 aliphatic rings. The fourth-order valence-corrected chi connectivity index (χ4v) is 2.21. The van der Waals surface area contributed by atoms with Crippen molar-refractivity contribution in [2.24, 2.45) is 0 Å². The molecule has 5 heteroatoms. The molecule has 0 atom stereocenters. The lowest BCUT2D eigenvalue weighted by molar-refractivity contribution is 0.0948. The zero-order valence-electron chi connectivity index (χ0n) is 13.1. The molecule has 23 heavy (non-hydrogen) atoms. The number of halogens is 1. The van der Waals surface area contributed by atoms with Gasteiger partial charge in [0.25, 0.3) is 5.91 Å². The monoisotopic (exact) mass is 332 g/mol. The lowest BCUT2D eigenvalue weighted by Gasteiger charge is -2.12. The van der Waals surface area contributed by atoms with Crippen molar-refractivity contribution >= 4 is 17.5 Å². The summed E-state index contributed by atoms with van der Waals surface area (Å²) in [5.41, 5.74) is 1.55. The molecule has 0 fully saturated rings. The first kappa shape index (κ1) is 17.3. The average Bonchev–Trinajstić information content (AvgIpc) is 2.58. The van der Waals surface area contributed by atoms with Crippen LogP contribution in [0, 0.1) is 0 Å². The minimum absolute atomic E-state index is 0.118. The molecule has 2 aromatic carbocycles. The molecule has 0 aliphatic carbocycles. The van der Waals surface area contributed by atoms with E-state index in [1.165, 1.54) is 0 Å². The van der Waals surface area contributed by atoms with Crippen molar-refractivity contribution < 1.29 is 9.53 Å². The summed E-state index contributed by atoms with van der Waals surface area (Å²) in [7, 11) is 1.89. The van der Waals surface area contributed by atoms with Crippen LogP contribution in [0.2, 0.25) is 5.02 Å². The molecule has 2 N–H and O–H groups in total. The highest BCUT2D eigenvalue weighted by Crippen LogP contribution is 2.20. The number of hydrogen-bond acceptors (Lipinski definition) is 3. The van der Waals surface area contributed by atoms with E-state index in [0.29, 0.717) is 29.5 Å². The van der Waals surface area contributed by atoms with Crippen LogP contribution in [0.4, 0.5) is 0 Å². The van der Waals surface area contributed by atoms with Gasteiger partial charge in [0, 0.05) is 11.6 Å². The SMILES string of the molecule is CNCCCNC(=O)c1ccccc1OCc1ccc(Cl)cc1. The third-order valence-electron chi connectivity index (χ3n) is 3.33. The van der Waals surface area contributed by atoms with Crippen LogP contribution in [0.5, 0.6) is 5.75 Å². The van der Waals surface area contributed by atoms with Crippen LogP contribution < -0.4 is 15.4 Å². The van der Waals surface area contributed by atoms with Gasteiger partial charge in [-0.2, -0.15) is 0 Å². The van der Waals surface area contributed by atoms with E-state index in [2.05, 4.69) is 10.6 Å². The number of benzene rings is 2. The third-order valence-corrected chi connectivity index (χ3v) is 3.58.